The van der Waals surface area contributed by atoms with Gasteiger partial charge >= 0.3 is 0 Å². The van der Waals surface area contributed by atoms with E-state index in [0.717, 1.165) is 18.5 Å². The minimum Gasteiger partial charge on any atom is -0.389 e. The molecule has 102 valence electrons. The average Bonchev–Trinajstić information content (AvgIpc) is 2.33. The van der Waals surface area contributed by atoms with Gasteiger partial charge in [-0.25, -0.2) is 4.39 Å². The molecule has 0 aliphatic carbocycles. The first-order valence-corrected chi connectivity index (χ1v) is 6.63. The SMILES string of the molecule is CCC(CC)N(C)c1cc(C)c(F)cc1[C@@H](C)O. The van der Waals surface area contributed by atoms with Gasteiger partial charge in [0.15, 0.2) is 0 Å². The molecule has 18 heavy (non-hydrogen) atoms. The van der Waals surface area contributed by atoms with Gasteiger partial charge in [0.25, 0.3) is 0 Å². The molecule has 1 aromatic carbocycles. The molecule has 0 aliphatic rings. The maximum absolute atomic E-state index is 13.6. The van der Waals surface area contributed by atoms with Crippen LogP contribution in [0.3, 0.4) is 0 Å². The zero-order chi connectivity index (χ0) is 13.9. The molecule has 0 bridgehead atoms. The maximum Gasteiger partial charge on any atom is 0.126 e. The van der Waals surface area contributed by atoms with Gasteiger partial charge in [0.2, 0.25) is 0 Å². The van der Waals surface area contributed by atoms with Crippen molar-refractivity contribution in [3.05, 3.63) is 29.1 Å². The fourth-order valence-corrected chi connectivity index (χ4v) is 2.35. The van der Waals surface area contributed by atoms with Crippen molar-refractivity contribution in [3.63, 3.8) is 0 Å². The minimum absolute atomic E-state index is 0.257. The third kappa shape index (κ3) is 3.02. The van der Waals surface area contributed by atoms with Gasteiger partial charge < -0.3 is 10.0 Å². The summed E-state index contributed by atoms with van der Waals surface area (Å²) in [6.07, 6.45) is 1.40. The molecule has 1 N–H and O–H groups in total. The Morgan fingerprint density at radius 3 is 2.28 bits per heavy atom. The van der Waals surface area contributed by atoms with Crippen molar-refractivity contribution in [3.8, 4) is 0 Å². The Labute approximate surface area is 109 Å². The molecular weight excluding hydrogens is 229 g/mol. The summed E-state index contributed by atoms with van der Waals surface area (Å²) in [5, 5.41) is 9.80. The van der Waals surface area contributed by atoms with Gasteiger partial charge in [-0.15, -0.1) is 0 Å². The van der Waals surface area contributed by atoms with Crippen molar-refractivity contribution >= 4 is 5.69 Å². The molecule has 0 saturated heterocycles. The number of hydrogen-bond acceptors (Lipinski definition) is 2. The lowest BCUT2D eigenvalue weighted by molar-refractivity contribution is 0.199. The number of nitrogens with zero attached hydrogens (tertiary/aromatic N) is 1. The van der Waals surface area contributed by atoms with Crippen LogP contribution in [-0.2, 0) is 0 Å². The predicted octanol–water partition coefficient (Wildman–Crippen LogP) is 3.81. The van der Waals surface area contributed by atoms with Crippen LogP contribution in [0.2, 0.25) is 0 Å². The first-order chi connectivity index (χ1) is 8.42. The molecule has 0 aromatic heterocycles. The molecule has 1 atom stereocenters. The van der Waals surface area contributed by atoms with Crippen molar-refractivity contribution < 1.29 is 9.50 Å². The number of hydrogen-bond donors (Lipinski definition) is 1. The highest BCUT2D eigenvalue weighted by atomic mass is 19.1. The van der Waals surface area contributed by atoms with Crippen LogP contribution in [0.4, 0.5) is 10.1 Å². The van der Waals surface area contributed by atoms with Gasteiger partial charge in [-0.05, 0) is 44.4 Å². The molecule has 2 nitrogen and oxygen atoms in total. The molecule has 0 amide bonds. The van der Waals surface area contributed by atoms with E-state index in [9.17, 15) is 9.50 Å². The van der Waals surface area contributed by atoms with E-state index in [0.29, 0.717) is 17.2 Å². The molecule has 1 aromatic rings. The summed E-state index contributed by atoms with van der Waals surface area (Å²) in [6, 6.07) is 3.69. The van der Waals surface area contributed by atoms with Crippen molar-refractivity contribution in [1.29, 1.82) is 0 Å². The van der Waals surface area contributed by atoms with Gasteiger partial charge in [-0.1, -0.05) is 13.8 Å². The standard InChI is InChI=1S/C15H24FNO/c1-6-12(7-2)17(5)15-8-10(3)14(16)9-13(15)11(4)18/h8-9,11-12,18H,6-7H2,1-5H3/t11-/m1/s1. The molecule has 0 fully saturated rings. The number of halogens is 1. The Morgan fingerprint density at radius 2 is 1.83 bits per heavy atom. The van der Waals surface area contributed by atoms with Gasteiger partial charge in [0, 0.05) is 24.3 Å². The molecule has 1 rings (SSSR count). The number of benzene rings is 1. The van der Waals surface area contributed by atoms with Crippen molar-refractivity contribution in [2.75, 3.05) is 11.9 Å². The Hall–Kier alpha value is -1.09. The summed E-state index contributed by atoms with van der Waals surface area (Å²) in [4.78, 5) is 2.15. The quantitative estimate of drug-likeness (QED) is 0.862. The monoisotopic (exact) mass is 253 g/mol. The van der Waals surface area contributed by atoms with Crippen LogP contribution in [0.5, 0.6) is 0 Å². The Morgan fingerprint density at radius 1 is 1.28 bits per heavy atom. The zero-order valence-corrected chi connectivity index (χ0v) is 12.0. The van der Waals surface area contributed by atoms with E-state index >= 15 is 0 Å². The summed E-state index contributed by atoms with van der Waals surface area (Å²) in [5.74, 6) is -0.257. The highest BCUT2D eigenvalue weighted by molar-refractivity contribution is 5.57. The number of rotatable bonds is 5. The van der Waals surface area contributed by atoms with Crippen molar-refractivity contribution in [1.82, 2.24) is 0 Å². The van der Waals surface area contributed by atoms with Gasteiger partial charge in [0.05, 0.1) is 6.10 Å². The van der Waals surface area contributed by atoms with E-state index in [-0.39, 0.29) is 5.82 Å². The third-order valence-corrected chi connectivity index (χ3v) is 3.63. The van der Waals surface area contributed by atoms with E-state index in [2.05, 4.69) is 18.7 Å². The highest BCUT2D eigenvalue weighted by Crippen LogP contribution is 2.30. The number of anilines is 1. The maximum atomic E-state index is 13.6. The van der Waals surface area contributed by atoms with E-state index in [1.54, 1.807) is 13.8 Å². The van der Waals surface area contributed by atoms with Crippen LogP contribution < -0.4 is 4.90 Å². The smallest absolute Gasteiger partial charge is 0.126 e. The van der Waals surface area contributed by atoms with Crippen LogP contribution in [0.1, 0.15) is 50.8 Å². The molecule has 0 saturated carbocycles. The summed E-state index contributed by atoms with van der Waals surface area (Å²) in [6.45, 7) is 7.71. The van der Waals surface area contributed by atoms with Gasteiger partial charge in [0.1, 0.15) is 5.82 Å². The number of aliphatic hydroxyl groups excluding tert-OH is 1. The fraction of sp³-hybridized carbons (Fsp3) is 0.600. The third-order valence-electron chi connectivity index (χ3n) is 3.63. The van der Waals surface area contributed by atoms with Crippen LogP contribution in [0.15, 0.2) is 12.1 Å². The van der Waals surface area contributed by atoms with Crippen molar-refractivity contribution in [2.24, 2.45) is 0 Å². The molecule has 0 heterocycles. The molecule has 0 radical (unpaired) electrons. The average molecular weight is 253 g/mol. The van der Waals surface area contributed by atoms with Crippen LogP contribution in [-0.4, -0.2) is 18.2 Å². The predicted molar refractivity (Wildman–Crippen MR) is 74.5 cm³/mol. The second-order valence-electron chi connectivity index (χ2n) is 4.92. The lowest BCUT2D eigenvalue weighted by Crippen LogP contribution is -2.31. The lowest BCUT2D eigenvalue weighted by atomic mass is 10.0. The first-order valence-electron chi connectivity index (χ1n) is 6.63. The Kier molecular flexibility index (Phi) is 5.15. The summed E-state index contributed by atoms with van der Waals surface area (Å²) in [7, 11) is 2.01. The van der Waals surface area contributed by atoms with Crippen LogP contribution in [0.25, 0.3) is 0 Å². The van der Waals surface area contributed by atoms with Crippen molar-refractivity contribution in [2.45, 2.75) is 52.7 Å². The molecule has 0 spiro atoms. The zero-order valence-electron chi connectivity index (χ0n) is 12.0. The molecule has 0 unspecified atom stereocenters. The van der Waals surface area contributed by atoms with Crippen LogP contribution >= 0.6 is 0 Å². The molecule has 0 aliphatic heterocycles. The Bertz CT molecular complexity index is 400. The first kappa shape index (κ1) is 15.0. The summed E-state index contributed by atoms with van der Waals surface area (Å²) >= 11 is 0. The number of aliphatic hydroxyl groups is 1. The largest absolute Gasteiger partial charge is 0.389 e. The summed E-state index contributed by atoms with van der Waals surface area (Å²) < 4.78 is 13.6. The molecule has 3 heteroatoms. The van der Waals surface area contributed by atoms with E-state index in [1.165, 1.54) is 6.07 Å². The summed E-state index contributed by atoms with van der Waals surface area (Å²) in [5.41, 5.74) is 2.21. The highest BCUT2D eigenvalue weighted by Gasteiger charge is 2.18. The van der Waals surface area contributed by atoms with E-state index in [4.69, 9.17) is 0 Å². The van der Waals surface area contributed by atoms with Crippen LogP contribution in [0, 0.1) is 12.7 Å². The Balaban J connectivity index is 3.25. The second kappa shape index (κ2) is 6.19. The van der Waals surface area contributed by atoms with E-state index in [1.807, 2.05) is 13.1 Å². The lowest BCUT2D eigenvalue weighted by Gasteiger charge is -2.31. The second-order valence-corrected chi connectivity index (χ2v) is 4.92. The fourth-order valence-electron chi connectivity index (χ4n) is 2.35. The molecular formula is C15H24FNO. The van der Waals surface area contributed by atoms with Gasteiger partial charge in [-0.3, -0.25) is 0 Å². The normalized spacial score (nSPS) is 12.9. The topological polar surface area (TPSA) is 23.5 Å². The minimum atomic E-state index is -0.660. The van der Waals surface area contributed by atoms with Gasteiger partial charge in [-0.2, -0.15) is 0 Å². The number of aryl methyl sites for hydroxylation is 1. The van der Waals surface area contributed by atoms with E-state index < -0.39 is 6.10 Å².